The van der Waals surface area contributed by atoms with Gasteiger partial charge >= 0.3 is 0 Å². The van der Waals surface area contributed by atoms with Gasteiger partial charge < -0.3 is 19.5 Å². The third-order valence-corrected chi connectivity index (χ3v) is 4.56. The molecule has 7 heteroatoms. The lowest BCUT2D eigenvalue weighted by atomic mass is 10.1. The monoisotopic (exact) mass is 387 g/mol. The van der Waals surface area contributed by atoms with Crippen molar-refractivity contribution in [2.45, 2.75) is 19.5 Å². The number of halogens is 3. The summed E-state index contributed by atoms with van der Waals surface area (Å²) in [7, 11) is 4.67. The van der Waals surface area contributed by atoms with E-state index in [1.54, 1.807) is 21.3 Å². The van der Waals surface area contributed by atoms with Gasteiger partial charge in [-0.15, -0.1) is 0 Å². The molecule has 2 aromatic carbocycles. The minimum atomic E-state index is -0.498. The molecule has 0 spiro atoms. The minimum Gasteiger partial charge on any atom is -0.493 e. The van der Waals surface area contributed by atoms with Crippen molar-refractivity contribution in [3.8, 4) is 17.2 Å². The maximum absolute atomic E-state index is 13.7. The van der Waals surface area contributed by atoms with E-state index in [0.717, 1.165) is 5.56 Å². The molecule has 1 unspecified atom stereocenters. The second-order valence-corrected chi connectivity index (χ2v) is 6.18. The van der Waals surface area contributed by atoms with Gasteiger partial charge in [-0.1, -0.05) is 23.2 Å². The molecule has 0 amide bonds. The maximum atomic E-state index is 13.7. The molecule has 0 aromatic heterocycles. The molecule has 0 saturated carbocycles. The van der Waals surface area contributed by atoms with Crippen LogP contribution in [-0.2, 0) is 6.54 Å². The van der Waals surface area contributed by atoms with E-state index in [1.807, 2.05) is 19.1 Å². The molecule has 0 bridgehead atoms. The Hall–Kier alpha value is -1.69. The van der Waals surface area contributed by atoms with Crippen LogP contribution in [0.4, 0.5) is 4.39 Å². The van der Waals surface area contributed by atoms with Gasteiger partial charge in [0.25, 0.3) is 0 Å². The van der Waals surface area contributed by atoms with E-state index in [4.69, 9.17) is 37.4 Å². The topological polar surface area (TPSA) is 39.7 Å². The van der Waals surface area contributed by atoms with Crippen molar-refractivity contribution in [2.75, 3.05) is 21.3 Å². The summed E-state index contributed by atoms with van der Waals surface area (Å²) in [6, 6.07) is 6.18. The number of ether oxygens (including phenoxy) is 3. The molecular formula is C18H20Cl2FNO3. The number of rotatable bonds is 7. The third-order valence-electron chi connectivity index (χ3n) is 3.85. The SMILES string of the molecule is COc1cc(CNC(C)c2c(Cl)ccc(F)c2Cl)cc(OC)c1OC. The lowest BCUT2D eigenvalue weighted by Crippen LogP contribution is -2.19. The number of benzene rings is 2. The first-order valence-corrected chi connectivity index (χ1v) is 8.34. The largest absolute Gasteiger partial charge is 0.493 e. The number of nitrogens with one attached hydrogen (secondary N) is 1. The van der Waals surface area contributed by atoms with Crippen LogP contribution in [0.2, 0.25) is 10.0 Å². The summed E-state index contributed by atoms with van der Waals surface area (Å²) in [4.78, 5) is 0. The molecule has 1 atom stereocenters. The van der Waals surface area contributed by atoms with Crippen molar-refractivity contribution in [2.24, 2.45) is 0 Å². The van der Waals surface area contributed by atoms with Gasteiger partial charge in [0.2, 0.25) is 5.75 Å². The first kappa shape index (κ1) is 19.6. The van der Waals surface area contributed by atoms with Crippen LogP contribution in [0, 0.1) is 5.82 Å². The van der Waals surface area contributed by atoms with Crippen molar-refractivity contribution in [3.63, 3.8) is 0 Å². The molecule has 1 N–H and O–H groups in total. The molecule has 0 fully saturated rings. The summed E-state index contributed by atoms with van der Waals surface area (Å²) < 4.78 is 29.7. The van der Waals surface area contributed by atoms with Crippen molar-refractivity contribution < 1.29 is 18.6 Å². The van der Waals surface area contributed by atoms with Crippen LogP contribution < -0.4 is 19.5 Å². The molecule has 0 aliphatic rings. The molecule has 2 rings (SSSR count). The Bertz CT molecular complexity index is 730. The summed E-state index contributed by atoms with van der Waals surface area (Å²) in [6.45, 7) is 2.34. The van der Waals surface area contributed by atoms with Crippen LogP contribution in [0.5, 0.6) is 17.2 Å². The number of methoxy groups -OCH3 is 3. The molecule has 0 aliphatic heterocycles. The summed E-state index contributed by atoms with van der Waals surface area (Å²) in [5.74, 6) is 1.15. The zero-order valence-corrected chi connectivity index (χ0v) is 16.0. The molecule has 0 saturated heterocycles. The second kappa shape index (κ2) is 8.61. The van der Waals surface area contributed by atoms with E-state index in [9.17, 15) is 4.39 Å². The predicted molar refractivity (Wildman–Crippen MR) is 97.8 cm³/mol. The van der Waals surface area contributed by atoms with Crippen LogP contribution in [0.3, 0.4) is 0 Å². The first-order chi connectivity index (χ1) is 11.9. The van der Waals surface area contributed by atoms with E-state index >= 15 is 0 Å². The Balaban J connectivity index is 2.23. The Morgan fingerprint density at radius 1 is 1.04 bits per heavy atom. The lowest BCUT2D eigenvalue weighted by Gasteiger charge is -2.19. The predicted octanol–water partition coefficient (Wildman–Crippen LogP) is 5.01. The molecule has 136 valence electrons. The van der Waals surface area contributed by atoms with E-state index in [0.29, 0.717) is 34.4 Å². The molecular weight excluding hydrogens is 368 g/mol. The normalized spacial score (nSPS) is 12.0. The average Bonchev–Trinajstić information content (AvgIpc) is 2.62. The van der Waals surface area contributed by atoms with E-state index in [2.05, 4.69) is 5.32 Å². The van der Waals surface area contributed by atoms with Gasteiger partial charge in [-0.2, -0.15) is 0 Å². The van der Waals surface area contributed by atoms with Gasteiger partial charge in [-0.05, 0) is 36.8 Å². The highest BCUT2D eigenvalue weighted by Gasteiger charge is 2.18. The smallest absolute Gasteiger partial charge is 0.203 e. The van der Waals surface area contributed by atoms with Crippen molar-refractivity contribution in [1.29, 1.82) is 0 Å². The van der Waals surface area contributed by atoms with Gasteiger partial charge in [-0.25, -0.2) is 4.39 Å². The standard InChI is InChI=1S/C18H20Cl2FNO3/c1-10(16-12(19)5-6-13(21)17(16)20)22-9-11-7-14(23-2)18(25-4)15(8-11)24-3/h5-8,10,22H,9H2,1-4H3. The zero-order valence-electron chi connectivity index (χ0n) is 14.5. The quantitative estimate of drug-likeness (QED) is 0.677. The van der Waals surface area contributed by atoms with Crippen LogP contribution in [0.15, 0.2) is 24.3 Å². The highest BCUT2D eigenvalue weighted by molar-refractivity contribution is 6.36. The summed E-state index contributed by atoms with van der Waals surface area (Å²) in [6.07, 6.45) is 0. The molecule has 0 radical (unpaired) electrons. The van der Waals surface area contributed by atoms with E-state index in [1.165, 1.54) is 12.1 Å². The summed E-state index contributed by atoms with van der Waals surface area (Å²) in [5.41, 5.74) is 1.43. The van der Waals surface area contributed by atoms with Crippen LogP contribution in [0.25, 0.3) is 0 Å². The lowest BCUT2D eigenvalue weighted by molar-refractivity contribution is 0.323. The first-order valence-electron chi connectivity index (χ1n) is 7.58. The highest BCUT2D eigenvalue weighted by Crippen LogP contribution is 2.38. The van der Waals surface area contributed by atoms with E-state index in [-0.39, 0.29) is 11.1 Å². The molecule has 2 aromatic rings. The highest BCUT2D eigenvalue weighted by atomic mass is 35.5. The van der Waals surface area contributed by atoms with Crippen LogP contribution >= 0.6 is 23.2 Å². The molecule has 0 heterocycles. The minimum absolute atomic E-state index is 0.0254. The van der Waals surface area contributed by atoms with Gasteiger partial charge in [0.05, 0.1) is 26.4 Å². The molecule has 0 aliphatic carbocycles. The summed E-state index contributed by atoms with van der Waals surface area (Å²) in [5, 5.41) is 3.72. The Morgan fingerprint density at radius 2 is 1.64 bits per heavy atom. The fraction of sp³-hybridized carbons (Fsp3) is 0.333. The number of hydrogen-bond acceptors (Lipinski definition) is 4. The Kier molecular flexibility index (Phi) is 6.76. The fourth-order valence-electron chi connectivity index (χ4n) is 2.55. The third kappa shape index (κ3) is 4.29. The Morgan fingerprint density at radius 3 is 2.16 bits per heavy atom. The molecule has 25 heavy (non-hydrogen) atoms. The van der Waals surface area contributed by atoms with Crippen molar-refractivity contribution >= 4 is 23.2 Å². The number of hydrogen-bond donors (Lipinski definition) is 1. The van der Waals surface area contributed by atoms with Crippen molar-refractivity contribution in [1.82, 2.24) is 5.32 Å². The average molecular weight is 388 g/mol. The van der Waals surface area contributed by atoms with Gasteiger partial charge in [0, 0.05) is 23.2 Å². The zero-order chi connectivity index (χ0) is 18.6. The van der Waals surface area contributed by atoms with Gasteiger partial charge in [0.15, 0.2) is 11.5 Å². The molecule has 4 nitrogen and oxygen atoms in total. The van der Waals surface area contributed by atoms with E-state index < -0.39 is 5.82 Å². The Labute approximate surface area is 156 Å². The van der Waals surface area contributed by atoms with Gasteiger partial charge in [0.1, 0.15) is 5.82 Å². The fourth-order valence-corrected chi connectivity index (χ4v) is 3.25. The van der Waals surface area contributed by atoms with Crippen LogP contribution in [-0.4, -0.2) is 21.3 Å². The summed E-state index contributed by atoms with van der Waals surface area (Å²) >= 11 is 12.2. The van der Waals surface area contributed by atoms with Crippen molar-refractivity contribution in [3.05, 3.63) is 51.3 Å². The van der Waals surface area contributed by atoms with Gasteiger partial charge in [-0.3, -0.25) is 0 Å². The second-order valence-electron chi connectivity index (χ2n) is 5.39. The van der Waals surface area contributed by atoms with Crippen LogP contribution in [0.1, 0.15) is 24.1 Å². The maximum Gasteiger partial charge on any atom is 0.203 e.